The van der Waals surface area contributed by atoms with E-state index in [4.69, 9.17) is 11.6 Å². The molecule has 9 heteroatoms. The Hall–Kier alpha value is -2.87. The highest BCUT2D eigenvalue weighted by Gasteiger charge is 2.30. The van der Waals surface area contributed by atoms with Crippen molar-refractivity contribution in [3.63, 3.8) is 0 Å². The quantitative estimate of drug-likeness (QED) is 0.498. The van der Waals surface area contributed by atoms with Crippen LogP contribution in [-0.2, 0) is 6.18 Å². The lowest BCUT2D eigenvalue weighted by Crippen LogP contribution is -2.16. The van der Waals surface area contributed by atoms with Gasteiger partial charge in [0.2, 0.25) is 5.95 Å². The second kappa shape index (κ2) is 8.65. The van der Waals surface area contributed by atoms with Gasteiger partial charge in [-0.1, -0.05) is 18.5 Å². The summed E-state index contributed by atoms with van der Waals surface area (Å²) >= 11 is 6.06. The van der Waals surface area contributed by atoms with E-state index in [0.29, 0.717) is 23.1 Å². The van der Waals surface area contributed by atoms with Gasteiger partial charge in [0.25, 0.3) is 0 Å². The summed E-state index contributed by atoms with van der Waals surface area (Å²) in [6.45, 7) is 4.04. The minimum absolute atomic E-state index is 0.0552. The molecule has 5 nitrogen and oxygen atoms in total. The number of nitrogens with one attached hydrogen (secondary N) is 2. The Morgan fingerprint density at radius 3 is 2.41 bits per heavy atom. The van der Waals surface area contributed by atoms with E-state index in [0.717, 1.165) is 24.1 Å². The number of aromatic nitrogens is 3. The number of benzene rings is 1. The molecule has 2 N–H and O–H groups in total. The van der Waals surface area contributed by atoms with Crippen LogP contribution in [0.2, 0.25) is 5.02 Å². The molecule has 0 unspecified atom stereocenters. The highest BCUT2D eigenvalue weighted by atomic mass is 35.5. The monoisotopic (exact) mass is 421 g/mol. The zero-order valence-electron chi connectivity index (χ0n) is 15.8. The lowest BCUT2D eigenvalue weighted by molar-refractivity contribution is -0.137. The highest BCUT2D eigenvalue weighted by molar-refractivity contribution is 6.33. The minimum atomic E-state index is -4.46. The molecular weight excluding hydrogens is 403 g/mol. The number of rotatable bonds is 6. The fourth-order valence-electron chi connectivity index (χ4n) is 2.50. The van der Waals surface area contributed by atoms with Crippen LogP contribution in [0.15, 0.2) is 48.8 Å². The molecule has 0 aliphatic rings. The largest absolute Gasteiger partial charge is 0.416 e. The molecule has 0 saturated heterocycles. The molecular formula is C20H19ClF3N5. The summed E-state index contributed by atoms with van der Waals surface area (Å²) in [5.74, 6) is 0.804. The van der Waals surface area contributed by atoms with E-state index in [9.17, 15) is 13.2 Å². The summed E-state index contributed by atoms with van der Waals surface area (Å²) in [7, 11) is 0. The van der Waals surface area contributed by atoms with Crippen molar-refractivity contribution in [3.05, 3.63) is 59.4 Å². The fourth-order valence-corrected chi connectivity index (χ4v) is 2.73. The van der Waals surface area contributed by atoms with Gasteiger partial charge in [0.05, 0.1) is 22.0 Å². The van der Waals surface area contributed by atoms with Crippen LogP contribution in [0.3, 0.4) is 0 Å². The molecule has 1 atom stereocenters. The first-order valence-electron chi connectivity index (χ1n) is 8.96. The molecule has 0 radical (unpaired) electrons. The van der Waals surface area contributed by atoms with Crippen molar-refractivity contribution in [3.8, 4) is 11.3 Å². The number of pyridine rings is 1. The molecule has 3 rings (SSSR count). The summed E-state index contributed by atoms with van der Waals surface area (Å²) in [5, 5.41) is 6.14. The zero-order valence-corrected chi connectivity index (χ0v) is 16.5. The molecule has 0 aliphatic heterocycles. The fraction of sp³-hybridized carbons (Fsp3) is 0.250. The lowest BCUT2D eigenvalue weighted by atomic mass is 10.2. The van der Waals surface area contributed by atoms with Gasteiger partial charge in [-0.05, 0) is 43.7 Å². The molecule has 0 bridgehead atoms. The number of anilines is 3. The average Bonchev–Trinajstić information content (AvgIpc) is 2.69. The Kier molecular flexibility index (Phi) is 6.22. The van der Waals surface area contributed by atoms with Gasteiger partial charge < -0.3 is 10.6 Å². The standard InChI is InChI=1S/C20H19ClF3N5/c1-3-12(2)26-19-28-17(13-6-8-25-9-7-13)11-18(29-19)27-16-5-4-14(10-15(16)21)20(22,23)24/h4-12H,3H2,1-2H3,(H2,26,27,28,29)/t12-/m0/s1. The van der Waals surface area contributed by atoms with Crippen LogP contribution in [-0.4, -0.2) is 21.0 Å². The van der Waals surface area contributed by atoms with Gasteiger partial charge in [-0.2, -0.15) is 18.2 Å². The van der Waals surface area contributed by atoms with Gasteiger partial charge in [-0.15, -0.1) is 0 Å². The molecule has 2 aromatic heterocycles. The van der Waals surface area contributed by atoms with Crippen LogP contribution in [0.4, 0.5) is 30.6 Å². The molecule has 0 fully saturated rings. The van der Waals surface area contributed by atoms with Crippen molar-refractivity contribution in [2.45, 2.75) is 32.5 Å². The van der Waals surface area contributed by atoms with Gasteiger partial charge in [0.15, 0.2) is 0 Å². The van der Waals surface area contributed by atoms with Gasteiger partial charge in [-0.3, -0.25) is 4.98 Å². The molecule has 0 amide bonds. The Labute approximate surface area is 171 Å². The summed E-state index contributed by atoms with van der Waals surface area (Å²) in [5.41, 5.74) is 0.968. The number of nitrogens with zero attached hydrogens (tertiary/aromatic N) is 3. The van der Waals surface area contributed by atoms with E-state index in [-0.39, 0.29) is 11.1 Å². The summed E-state index contributed by atoms with van der Waals surface area (Å²) < 4.78 is 38.6. The normalized spacial score (nSPS) is 12.5. The van der Waals surface area contributed by atoms with Gasteiger partial charge in [-0.25, -0.2) is 4.98 Å². The van der Waals surface area contributed by atoms with Crippen LogP contribution < -0.4 is 10.6 Å². The minimum Gasteiger partial charge on any atom is -0.352 e. The molecule has 152 valence electrons. The molecule has 2 heterocycles. The maximum Gasteiger partial charge on any atom is 0.416 e. The van der Waals surface area contributed by atoms with Crippen LogP contribution in [0.1, 0.15) is 25.8 Å². The van der Waals surface area contributed by atoms with E-state index in [2.05, 4.69) is 25.6 Å². The van der Waals surface area contributed by atoms with Crippen molar-refractivity contribution in [1.29, 1.82) is 0 Å². The van der Waals surface area contributed by atoms with Gasteiger partial charge in [0.1, 0.15) is 5.82 Å². The summed E-state index contributed by atoms with van der Waals surface area (Å²) in [4.78, 5) is 13.0. The smallest absolute Gasteiger partial charge is 0.352 e. The van der Waals surface area contributed by atoms with Gasteiger partial charge >= 0.3 is 6.18 Å². The molecule has 3 aromatic rings. The van der Waals surface area contributed by atoms with Crippen LogP contribution in [0.5, 0.6) is 0 Å². The van der Waals surface area contributed by atoms with E-state index in [1.165, 1.54) is 6.07 Å². The van der Waals surface area contributed by atoms with Crippen molar-refractivity contribution in [2.75, 3.05) is 10.6 Å². The maximum atomic E-state index is 12.9. The summed E-state index contributed by atoms with van der Waals surface area (Å²) in [6, 6.07) is 8.59. The van der Waals surface area contributed by atoms with Crippen molar-refractivity contribution in [2.24, 2.45) is 0 Å². The van der Waals surface area contributed by atoms with E-state index in [1.54, 1.807) is 18.5 Å². The summed E-state index contributed by atoms with van der Waals surface area (Å²) in [6.07, 6.45) is -0.284. The number of hydrogen-bond donors (Lipinski definition) is 2. The number of halogens is 4. The molecule has 0 aliphatic carbocycles. The average molecular weight is 422 g/mol. The van der Waals surface area contributed by atoms with E-state index < -0.39 is 11.7 Å². The first kappa shape index (κ1) is 20.9. The Morgan fingerprint density at radius 1 is 1.07 bits per heavy atom. The Morgan fingerprint density at radius 2 is 1.79 bits per heavy atom. The molecule has 0 saturated carbocycles. The lowest BCUT2D eigenvalue weighted by Gasteiger charge is -2.15. The topological polar surface area (TPSA) is 62.7 Å². The molecule has 29 heavy (non-hydrogen) atoms. The molecule has 0 spiro atoms. The number of alkyl halides is 3. The third-order valence-corrected chi connectivity index (χ3v) is 4.56. The third-order valence-electron chi connectivity index (χ3n) is 4.25. The zero-order chi connectivity index (χ0) is 21.0. The second-order valence-electron chi connectivity index (χ2n) is 6.47. The predicted octanol–water partition coefficient (Wildman–Crippen LogP) is 6.16. The maximum absolute atomic E-state index is 12.9. The Balaban J connectivity index is 1.97. The first-order valence-corrected chi connectivity index (χ1v) is 9.34. The van der Waals surface area contributed by atoms with Crippen LogP contribution in [0.25, 0.3) is 11.3 Å². The predicted molar refractivity (Wildman–Crippen MR) is 108 cm³/mol. The third kappa shape index (κ3) is 5.35. The molecule has 1 aromatic carbocycles. The van der Waals surface area contributed by atoms with Crippen LogP contribution >= 0.6 is 11.6 Å². The van der Waals surface area contributed by atoms with E-state index >= 15 is 0 Å². The van der Waals surface area contributed by atoms with Crippen molar-refractivity contribution in [1.82, 2.24) is 15.0 Å². The number of hydrogen-bond acceptors (Lipinski definition) is 5. The van der Waals surface area contributed by atoms with Crippen LogP contribution in [0, 0.1) is 0 Å². The van der Waals surface area contributed by atoms with Crippen molar-refractivity contribution >= 4 is 29.1 Å². The Bertz CT molecular complexity index is 980. The SMILES string of the molecule is CC[C@H](C)Nc1nc(Nc2ccc(C(F)(F)F)cc2Cl)cc(-c2ccncc2)n1. The second-order valence-corrected chi connectivity index (χ2v) is 6.88. The van der Waals surface area contributed by atoms with E-state index in [1.807, 2.05) is 26.0 Å². The highest BCUT2D eigenvalue weighted by Crippen LogP contribution is 2.35. The van der Waals surface area contributed by atoms with Crippen molar-refractivity contribution < 1.29 is 13.2 Å². The van der Waals surface area contributed by atoms with Gasteiger partial charge in [0, 0.05) is 30.1 Å². The first-order chi connectivity index (χ1) is 13.8.